The van der Waals surface area contributed by atoms with Crippen LogP contribution in [0.1, 0.15) is 20.3 Å². The Morgan fingerprint density at radius 3 is 2.47 bits per heavy atom. The molecule has 0 spiro atoms. The fourth-order valence-electron chi connectivity index (χ4n) is 1.57. The molecule has 19 heavy (non-hydrogen) atoms. The highest BCUT2D eigenvalue weighted by atomic mass is 19.1. The largest absolute Gasteiger partial charge is 0.481 e. The van der Waals surface area contributed by atoms with Crippen LogP contribution in [0.15, 0.2) is 24.3 Å². The fourth-order valence-corrected chi connectivity index (χ4v) is 1.57. The number of amides is 1. The van der Waals surface area contributed by atoms with Gasteiger partial charge in [0, 0.05) is 13.6 Å². The molecule has 0 aromatic heterocycles. The summed E-state index contributed by atoms with van der Waals surface area (Å²) >= 11 is 0. The van der Waals surface area contributed by atoms with Crippen LogP contribution >= 0.6 is 0 Å². The number of halogens is 1. The number of hydrogen-bond acceptors (Lipinski definition) is 3. The Morgan fingerprint density at radius 2 is 1.95 bits per heavy atom. The van der Waals surface area contributed by atoms with Crippen LogP contribution in [0.25, 0.3) is 0 Å². The molecule has 0 fully saturated rings. The first kappa shape index (κ1) is 15.4. The first-order chi connectivity index (χ1) is 8.90. The molecule has 0 heterocycles. The molecule has 0 aliphatic carbocycles. The average Bonchev–Trinajstić information content (AvgIpc) is 2.37. The Morgan fingerprint density at radius 1 is 1.37 bits per heavy atom. The van der Waals surface area contributed by atoms with E-state index in [2.05, 4.69) is 0 Å². The molecule has 0 aliphatic heterocycles. The number of carbonyl (C=O) groups excluding carboxylic acids is 1. The lowest BCUT2D eigenvalue weighted by molar-refractivity contribution is -0.136. The van der Waals surface area contributed by atoms with Gasteiger partial charge in [-0.1, -0.05) is 0 Å². The maximum atomic E-state index is 12.7. The molecule has 1 N–H and O–H groups in total. The van der Waals surface area contributed by atoms with Crippen molar-refractivity contribution in [1.82, 2.24) is 4.90 Å². The lowest BCUT2D eigenvalue weighted by atomic mass is 10.2. The highest BCUT2D eigenvalue weighted by Gasteiger charge is 2.19. The van der Waals surface area contributed by atoms with Crippen molar-refractivity contribution >= 4 is 5.91 Å². The third kappa shape index (κ3) is 5.26. The summed E-state index contributed by atoms with van der Waals surface area (Å²) in [5, 5.41) is 9.18. The number of nitrogens with zero attached hydrogens (tertiary/aromatic N) is 1. The number of rotatable bonds is 6. The second-order valence-electron chi connectivity index (χ2n) is 4.61. The van der Waals surface area contributed by atoms with Crippen molar-refractivity contribution in [2.75, 3.05) is 13.6 Å². The number of ether oxygens (including phenoxy) is 1. The van der Waals surface area contributed by atoms with Crippen molar-refractivity contribution in [2.24, 2.45) is 0 Å². The predicted octanol–water partition coefficient (Wildman–Crippen LogP) is 1.82. The van der Waals surface area contributed by atoms with Crippen molar-refractivity contribution in [2.45, 2.75) is 32.5 Å². The third-order valence-electron chi connectivity index (χ3n) is 2.73. The van der Waals surface area contributed by atoms with E-state index in [0.717, 1.165) is 0 Å². The molecular formula is C14H20FNO3. The summed E-state index contributed by atoms with van der Waals surface area (Å²) < 4.78 is 18.2. The fraction of sp³-hybridized carbons (Fsp3) is 0.500. The van der Waals surface area contributed by atoms with Gasteiger partial charge in [0.05, 0.1) is 6.10 Å². The van der Waals surface area contributed by atoms with Gasteiger partial charge in [0.25, 0.3) is 5.91 Å². The Labute approximate surface area is 112 Å². The van der Waals surface area contributed by atoms with E-state index in [1.54, 1.807) is 20.9 Å². The summed E-state index contributed by atoms with van der Waals surface area (Å²) in [6.07, 6.45) is -0.570. The van der Waals surface area contributed by atoms with Gasteiger partial charge in [-0.3, -0.25) is 4.79 Å². The quantitative estimate of drug-likeness (QED) is 0.857. The molecule has 0 saturated heterocycles. The second-order valence-corrected chi connectivity index (χ2v) is 4.61. The van der Waals surface area contributed by atoms with Crippen LogP contribution in [-0.2, 0) is 4.79 Å². The number of aliphatic hydroxyl groups is 1. The normalized spacial score (nSPS) is 13.7. The van der Waals surface area contributed by atoms with Gasteiger partial charge in [-0.25, -0.2) is 4.39 Å². The van der Waals surface area contributed by atoms with Gasteiger partial charge >= 0.3 is 0 Å². The highest BCUT2D eigenvalue weighted by molar-refractivity contribution is 5.80. The smallest absolute Gasteiger partial charge is 0.263 e. The first-order valence-electron chi connectivity index (χ1n) is 6.25. The predicted molar refractivity (Wildman–Crippen MR) is 70.4 cm³/mol. The van der Waals surface area contributed by atoms with E-state index < -0.39 is 12.2 Å². The van der Waals surface area contributed by atoms with Gasteiger partial charge in [0.15, 0.2) is 6.10 Å². The van der Waals surface area contributed by atoms with E-state index in [9.17, 15) is 14.3 Å². The monoisotopic (exact) mass is 269 g/mol. The molecule has 0 radical (unpaired) electrons. The third-order valence-corrected chi connectivity index (χ3v) is 2.73. The Hall–Kier alpha value is -1.62. The van der Waals surface area contributed by atoms with Gasteiger partial charge in [-0.2, -0.15) is 0 Å². The van der Waals surface area contributed by atoms with Crippen molar-refractivity contribution in [3.05, 3.63) is 30.1 Å². The molecule has 1 rings (SSSR count). The van der Waals surface area contributed by atoms with Crippen LogP contribution in [0.5, 0.6) is 5.75 Å². The second kappa shape index (κ2) is 7.09. The summed E-state index contributed by atoms with van der Waals surface area (Å²) in [5.74, 6) is -0.0727. The molecule has 2 unspecified atom stereocenters. The molecule has 1 amide bonds. The average molecular weight is 269 g/mol. The molecule has 0 saturated carbocycles. The SMILES string of the molecule is CC(O)CCN(C)C(=O)C(C)Oc1ccc(F)cc1. The molecule has 1 aromatic carbocycles. The van der Waals surface area contributed by atoms with Crippen LogP contribution in [0.2, 0.25) is 0 Å². The van der Waals surface area contributed by atoms with Gasteiger partial charge in [0.1, 0.15) is 11.6 Å². The van der Waals surface area contributed by atoms with Crippen molar-refractivity contribution in [1.29, 1.82) is 0 Å². The number of likely N-dealkylation sites (N-methyl/N-ethyl adjacent to an activating group) is 1. The molecule has 106 valence electrons. The van der Waals surface area contributed by atoms with Gasteiger partial charge in [-0.05, 0) is 44.5 Å². The highest BCUT2D eigenvalue weighted by Crippen LogP contribution is 2.13. The molecule has 2 atom stereocenters. The molecule has 5 heteroatoms. The Bertz CT molecular complexity index is 406. The van der Waals surface area contributed by atoms with Crippen molar-refractivity contribution in [3.63, 3.8) is 0 Å². The van der Waals surface area contributed by atoms with Crippen LogP contribution in [0.4, 0.5) is 4.39 Å². The minimum Gasteiger partial charge on any atom is -0.481 e. The summed E-state index contributed by atoms with van der Waals surface area (Å²) in [6.45, 7) is 3.79. The zero-order valence-corrected chi connectivity index (χ0v) is 11.5. The molecule has 0 aliphatic rings. The van der Waals surface area contributed by atoms with E-state index in [0.29, 0.717) is 18.7 Å². The maximum absolute atomic E-state index is 12.7. The van der Waals surface area contributed by atoms with Gasteiger partial charge in [-0.15, -0.1) is 0 Å². The number of aliphatic hydroxyl groups excluding tert-OH is 1. The van der Waals surface area contributed by atoms with E-state index in [4.69, 9.17) is 4.74 Å². The Balaban J connectivity index is 2.50. The number of hydrogen-bond donors (Lipinski definition) is 1. The molecular weight excluding hydrogens is 249 g/mol. The summed E-state index contributed by atoms with van der Waals surface area (Å²) in [6, 6.07) is 5.52. The minimum absolute atomic E-state index is 0.176. The van der Waals surface area contributed by atoms with E-state index in [-0.39, 0.29) is 11.7 Å². The number of benzene rings is 1. The number of carbonyl (C=O) groups is 1. The Kier molecular flexibility index (Phi) is 5.76. The summed E-state index contributed by atoms with van der Waals surface area (Å²) in [7, 11) is 1.66. The topological polar surface area (TPSA) is 49.8 Å². The lowest BCUT2D eigenvalue weighted by Crippen LogP contribution is -2.39. The summed E-state index contributed by atoms with van der Waals surface area (Å²) in [5.41, 5.74) is 0. The lowest BCUT2D eigenvalue weighted by Gasteiger charge is -2.22. The van der Waals surface area contributed by atoms with Crippen molar-refractivity contribution in [3.8, 4) is 5.75 Å². The van der Waals surface area contributed by atoms with Crippen molar-refractivity contribution < 1.29 is 19.0 Å². The molecule has 1 aromatic rings. The van der Waals surface area contributed by atoms with Crippen LogP contribution < -0.4 is 4.74 Å². The van der Waals surface area contributed by atoms with E-state index >= 15 is 0 Å². The standard InChI is InChI=1S/C14H20FNO3/c1-10(17)8-9-16(3)14(18)11(2)19-13-6-4-12(15)5-7-13/h4-7,10-11,17H,8-9H2,1-3H3. The van der Waals surface area contributed by atoms with E-state index in [1.165, 1.54) is 29.2 Å². The van der Waals surface area contributed by atoms with Crippen LogP contribution in [-0.4, -0.2) is 41.7 Å². The maximum Gasteiger partial charge on any atom is 0.263 e. The van der Waals surface area contributed by atoms with Crippen LogP contribution in [0, 0.1) is 5.82 Å². The van der Waals surface area contributed by atoms with Gasteiger partial charge < -0.3 is 14.7 Å². The van der Waals surface area contributed by atoms with Gasteiger partial charge in [0.2, 0.25) is 0 Å². The van der Waals surface area contributed by atoms with Crippen LogP contribution in [0.3, 0.4) is 0 Å². The minimum atomic E-state index is -0.649. The molecule has 4 nitrogen and oxygen atoms in total. The summed E-state index contributed by atoms with van der Waals surface area (Å²) in [4.78, 5) is 13.5. The first-order valence-corrected chi connectivity index (χ1v) is 6.25. The molecule has 0 bridgehead atoms. The zero-order valence-electron chi connectivity index (χ0n) is 11.5. The zero-order chi connectivity index (χ0) is 14.4. The van der Waals surface area contributed by atoms with E-state index in [1.807, 2.05) is 0 Å².